The maximum absolute atomic E-state index is 13.4. The summed E-state index contributed by atoms with van der Waals surface area (Å²) < 4.78 is 18.7. The molecule has 3 aromatic heterocycles. The van der Waals surface area contributed by atoms with Gasteiger partial charge in [-0.1, -0.05) is 12.1 Å². The Kier molecular flexibility index (Phi) is 7.78. The average molecular weight is 590 g/mol. The number of hydrogen-bond acceptors (Lipinski definition) is 14. The van der Waals surface area contributed by atoms with Crippen LogP contribution in [0, 0.1) is 0 Å². The van der Waals surface area contributed by atoms with Gasteiger partial charge in [-0.3, -0.25) is 4.57 Å². The van der Waals surface area contributed by atoms with Crippen molar-refractivity contribution in [2.75, 3.05) is 18.9 Å². The summed E-state index contributed by atoms with van der Waals surface area (Å²) in [5.74, 6) is -2.06. The second kappa shape index (κ2) is 11.3. The Labute approximate surface area is 235 Å². The number of benzene rings is 1. The van der Waals surface area contributed by atoms with Gasteiger partial charge in [-0.05, 0) is 46.6 Å². The number of esters is 1. The van der Waals surface area contributed by atoms with Gasteiger partial charge in [0.2, 0.25) is 10.9 Å². The molecule has 1 aliphatic heterocycles. The van der Waals surface area contributed by atoms with Crippen LogP contribution in [0.4, 0.5) is 5.82 Å². The number of aliphatic hydroxyl groups excluding tert-OH is 2. The number of aromatic nitrogens is 8. The number of nitrogens with two attached hydrogens (primary N) is 1. The van der Waals surface area contributed by atoms with Crippen LogP contribution in [0.1, 0.15) is 34.9 Å². The summed E-state index contributed by atoms with van der Waals surface area (Å²) in [7, 11) is 0. The second-order valence-electron chi connectivity index (χ2n) is 9.04. The van der Waals surface area contributed by atoms with Crippen molar-refractivity contribution in [2.24, 2.45) is 0 Å². The number of aliphatic hydroxyl groups is 2. The number of halogens is 1. The predicted octanol–water partition coefficient (Wildman–Crippen LogP) is -0.390. The number of imidazole rings is 1. The molecule has 6 N–H and O–H groups in total. The predicted molar refractivity (Wildman–Crippen MR) is 136 cm³/mol. The number of nitrogens with one attached hydrogen (secondary N) is 1. The third kappa shape index (κ3) is 5.27. The van der Waals surface area contributed by atoms with Gasteiger partial charge in [0.05, 0.1) is 25.1 Å². The lowest BCUT2D eigenvalue weighted by molar-refractivity contribution is -0.183. The molecule has 0 bridgehead atoms. The number of tetrazole rings is 1. The molecule has 0 amide bonds. The van der Waals surface area contributed by atoms with Gasteiger partial charge in [-0.15, -0.1) is 5.10 Å². The fraction of sp³-hybridized carbons (Fsp3) is 0.391. The Balaban J connectivity index is 1.44. The van der Waals surface area contributed by atoms with E-state index >= 15 is 0 Å². The van der Waals surface area contributed by atoms with Crippen LogP contribution in [0.15, 0.2) is 30.6 Å². The van der Waals surface area contributed by atoms with E-state index < -0.39 is 48.7 Å². The molecule has 4 heterocycles. The number of carbonyl (C=O) groups is 2. The van der Waals surface area contributed by atoms with Crippen LogP contribution in [0.3, 0.4) is 0 Å². The van der Waals surface area contributed by atoms with Crippen LogP contribution in [0.25, 0.3) is 11.2 Å². The van der Waals surface area contributed by atoms with Gasteiger partial charge in [0.1, 0.15) is 23.8 Å². The summed E-state index contributed by atoms with van der Waals surface area (Å²) in [6, 6.07) is 5.76. The lowest BCUT2D eigenvalue weighted by Gasteiger charge is -2.30. The third-order valence-electron chi connectivity index (χ3n) is 6.51. The van der Waals surface area contributed by atoms with Crippen LogP contribution >= 0.6 is 11.6 Å². The van der Waals surface area contributed by atoms with Crippen LogP contribution < -0.4 is 5.73 Å². The molecular weight excluding hydrogens is 566 g/mol. The van der Waals surface area contributed by atoms with Crippen molar-refractivity contribution < 1.29 is 39.1 Å². The summed E-state index contributed by atoms with van der Waals surface area (Å²) >= 11 is 5.94. The number of carboxylic acid groups (broad SMARTS) is 1. The first kappa shape index (κ1) is 28.2. The molecule has 1 fully saturated rings. The van der Waals surface area contributed by atoms with Crippen molar-refractivity contribution in [1.29, 1.82) is 0 Å². The number of carboxylic acids is 1. The number of ether oxygens (including phenoxy) is 3. The highest BCUT2D eigenvalue weighted by atomic mass is 35.5. The van der Waals surface area contributed by atoms with E-state index in [0.29, 0.717) is 5.56 Å². The summed E-state index contributed by atoms with van der Waals surface area (Å²) in [6.07, 6.45) is -4.17. The molecule has 5 atom stereocenters. The zero-order valence-corrected chi connectivity index (χ0v) is 22.0. The molecule has 0 radical (unpaired) electrons. The molecule has 17 nitrogen and oxygen atoms in total. The first-order valence-electron chi connectivity index (χ1n) is 12.2. The zero-order valence-electron chi connectivity index (χ0n) is 21.3. The second-order valence-corrected chi connectivity index (χ2v) is 9.37. The largest absolute Gasteiger partial charge is 0.478 e. The minimum absolute atomic E-state index is 0.00590. The van der Waals surface area contributed by atoms with Gasteiger partial charge >= 0.3 is 11.9 Å². The van der Waals surface area contributed by atoms with Crippen molar-refractivity contribution in [2.45, 2.75) is 43.5 Å². The van der Waals surface area contributed by atoms with Crippen molar-refractivity contribution >= 4 is 40.5 Å². The van der Waals surface area contributed by atoms with Crippen LogP contribution in [-0.4, -0.2) is 98.9 Å². The molecule has 0 saturated carbocycles. The van der Waals surface area contributed by atoms with E-state index in [2.05, 4.69) is 35.6 Å². The molecule has 41 heavy (non-hydrogen) atoms. The minimum atomic E-state index is -1.97. The summed E-state index contributed by atoms with van der Waals surface area (Å²) in [5, 5.41) is 44.3. The Hall–Kier alpha value is -4.29. The number of fused-ring (bicyclic) bond motifs is 1. The molecule has 5 rings (SSSR count). The highest BCUT2D eigenvalue weighted by Crippen LogP contribution is 2.35. The van der Waals surface area contributed by atoms with E-state index in [4.69, 9.17) is 31.5 Å². The maximum Gasteiger partial charge on any atom is 0.346 e. The molecule has 4 aromatic rings. The number of H-pyrrole nitrogens is 1. The Morgan fingerprint density at radius 3 is 2.63 bits per heavy atom. The van der Waals surface area contributed by atoms with E-state index in [-0.39, 0.29) is 46.7 Å². The fourth-order valence-electron chi connectivity index (χ4n) is 4.48. The standard InChI is InChI=1S/C23H24ClN9O8/c1-2-39-21(38)23(20-29-31-32-30-20,7-10-3-5-11(6-4-10)19(36)37)40-8-12-14(34)15(35)18(41-12)33-9-26-13-16(25)27-22(24)28-17(13)33/h3-6,9,12,14-15,18,34-35H,2,7-8H2,1H3,(H,36,37)(H2,25,27,28)(H,29,30,31,32)/t12-,14-,15-,18-,23?/m1/s1. The van der Waals surface area contributed by atoms with E-state index in [0.717, 1.165) is 0 Å². The van der Waals surface area contributed by atoms with Crippen molar-refractivity contribution in [3.05, 3.63) is 52.8 Å². The summed E-state index contributed by atoms with van der Waals surface area (Å²) in [6.45, 7) is 1.16. The number of anilines is 1. The molecule has 0 aliphatic carbocycles. The minimum Gasteiger partial charge on any atom is -0.478 e. The van der Waals surface area contributed by atoms with Gasteiger partial charge < -0.3 is 35.3 Å². The maximum atomic E-state index is 13.4. The summed E-state index contributed by atoms with van der Waals surface area (Å²) in [4.78, 5) is 36.8. The Bertz CT molecular complexity index is 1550. The molecule has 1 aromatic carbocycles. The highest BCUT2D eigenvalue weighted by Gasteiger charge is 2.50. The molecule has 1 aliphatic rings. The summed E-state index contributed by atoms with van der Waals surface area (Å²) in [5.41, 5.74) is 4.81. The van der Waals surface area contributed by atoms with Crippen LogP contribution in [0.2, 0.25) is 5.28 Å². The van der Waals surface area contributed by atoms with Crippen LogP contribution in [0.5, 0.6) is 0 Å². The van der Waals surface area contributed by atoms with Crippen molar-refractivity contribution in [1.82, 2.24) is 40.1 Å². The lowest BCUT2D eigenvalue weighted by atomic mass is 9.92. The van der Waals surface area contributed by atoms with Gasteiger partial charge in [0, 0.05) is 6.42 Å². The fourth-order valence-corrected chi connectivity index (χ4v) is 4.65. The van der Waals surface area contributed by atoms with E-state index in [1.165, 1.54) is 35.2 Å². The monoisotopic (exact) mass is 589 g/mol. The molecule has 18 heteroatoms. The van der Waals surface area contributed by atoms with Gasteiger partial charge in [-0.25, -0.2) is 19.7 Å². The Morgan fingerprint density at radius 1 is 1.22 bits per heavy atom. The number of carbonyl (C=O) groups excluding carboxylic acids is 1. The zero-order chi connectivity index (χ0) is 29.3. The smallest absolute Gasteiger partial charge is 0.346 e. The van der Waals surface area contributed by atoms with Gasteiger partial charge in [0.15, 0.2) is 23.5 Å². The number of hydrogen-bond donors (Lipinski definition) is 5. The van der Waals surface area contributed by atoms with Gasteiger partial charge in [-0.2, -0.15) is 9.97 Å². The first-order chi connectivity index (χ1) is 19.6. The highest BCUT2D eigenvalue weighted by molar-refractivity contribution is 6.28. The lowest BCUT2D eigenvalue weighted by Crippen LogP contribution is -2.46. The first-order valence-corrected chi connectivity index (χ1v) is 12.6. The number of aromatic carboxylic acids is 1. The van der Waals surface area contributed by atoms with E-state index in [1.54, 1.807) is 6.92 Å². The normalized spacial score (nSPS) is 22.0. The quantitative estimate of drug-likeness (QED) is 0.117. The topological polar surface area (TPSA) is 247 Å². The Morgan fingerprint density at radius 2 is 1.98 bits per heavy atom. The average Bonchev–Trinajstić information content (AvgIpc) is 3.68. The molecular formula is C23H24ClN9O8. The van der Waals surface area contributed by atoms with Crippen molar-refractivity contribution in [3.63, 3.8) is 0 Å². The number of nitrogens with zero attached hydrogens (tertiary/aromatic N) is 7. The number of aromatic amines is 1. The molecule has 1 saturated heterocycles. The van der Waals surface area contributed by atoms with E-state index in [9.17, 15) is 24.9 Å². The molecule has 216 valence electrons. The number of nitrogen functional groups attached to an aromatic ring is 1. The van der Waals surface area contributed by atoms with Crippen molar-refractivity contribution in [3.8, 4) is 0 Å². The molecule has 1 unspecified atom stereocenters. The third-order valence-corrected chi connectivity index (χ3v) is 6.68. The molecule has 0 spiro atoms. The van der Waals surface area contributed by atoms with Crippen LogP contribution in [-0.2, 0) is 31.0 Å². The SMILES string of the molecule is CCOC(=O)C(Cc1ccc(C(=O)O)cc1)(OC[C@H]1O[C@@H](n2cnc3c(N)nc(Cl)nc32)[C@H](O)[C@@H]1O)c1nnn[nH]1. The number of rotatable bonds is 10. The van der Waals surface area contributed by atoms with Gasteiger partial charge in [0.25, 0.3) is 0 Å². The van der Waals surface area contributed by atoms with E-state index in [1.807, 2.05) is 0 Å².